The van der Waals surface area contributed by atoms with Crippen molar-refractivity contribution in [3.8, 4) is 0 Å². The summed E-state index contributed by atoms with van der Waals surface area (Å²) in [6, 6.07) is 11.3. The molecule has 1 aliphatic carbocycles. The molecule has 1 saturated carbocycles. The quantitative estimate of drug-likeness (QED) is 0.944. The van der Waals surface area contributed by atoms with Crippen molar-refractivity contribution in [3.05, 3.63) is 64.9 Å². The Balaban J connectivity index is 1.91. The fourth-order valence-corrected chi connectivity index (χ4v) is 4.76. The third kappa shape index (κ3) is 2.57. The fourth-order valence-electron chi connectivity index (χ4n) is 2.58. The molecule has 0 spiro atoms. The molecule has 3 nitrogen and oxygen atoms in total. The van der Waals surface area contributed by atoms with Gasteiger partial charge in [-0.2, -0.15) is 0 Å². The normalized spacial score (nSPS) is 24.8. The van der Waals surface area contributed by atoms with Crippen LogP contribution in [0.2, 0.25) is 5.02 Å². The van der Waals surface area contributed by atoms with Gasteiger partial charge in [0.15, 0.2) is 9.84 Å². The molecule has 0 aromatic heterocycles. The van der Waals surface area contributed by atoms with Gasteiger partial charge >= 0.3 is 0 Å². The van der Waals surface area contributed by atoms with Gasteiger partial charge in [0.25, 0.3) is 0 Å². The highest BCUT2D eigenvalue weighted by molar-refractivity contribution is 7.92. The SMILES string of the molecule is NC1C(c2ccc(F)cc2)C1S(=O)(=O)c1ccc(Cl)cc1. The molecule has 0 bridgehead atoms. The molecule has 0 aliphatic heterocycles. The molecule has 3 atom stereocenters. The Labute approximate surface area is 127 Å². The summed E-state index contributed by atoms with van der Waals surface area (Å²) >= 11 is 5.77. The summed E-state index contributed by atoms with van der Waals surface area (Å²) in [4.78, 5) is 0.206. The maximum atomic E-state index is 12.9. The molecule has 110 valence electrons. The Morgan fingerprint density at radius 2 is 1.57 bits per heavy atom. The van der Waals surface area contributed by atoms with Crippen molar-refractivity contribution in [1.29, 1.82) is 0 Å². The first-order valence-corrected chi connectivity index (χ1v) is 8.34. The summed E-state index contributed by atoms with van der Waals surface area (Å²) in [7, 11) is -3.52. The molecule has 0 amide bonds. The number of benzene rings is 2. The van der Waals surface area contributed by atoms with Crippen LogP contribution in [-0.4, -0.2) is 19.7 Å². The summed E-state index contributed by atoms with van der Waals surface area (Å²) < 4.78 is 38.1. The van der Waals surface area contributed by atoms with Crippen LogP contribution in [0.5, 0.6) is 0 Å². The van der Waals surface area contributed by atoms with Crippen molar-refractivity contribution >= 4 is 21.4 Å². The summed E-state index contributed by atoms with van der Waals surface area (Å²) in [5.74, 6) is -0.656. The number of halogens is 2. The molecule has 2 aromatic carbocycles. The Bertz CT molecular complexity index is 759. The molecule has 6 heteroatoms. The molecule has 3 rings (SSSR count). The highest BCUT2D eigenvalue weighted by Crippen LogP contribution is 2.47. The van der Waals surface area contributed by atoms with Crippen molar-refractivity contribution in [1.82, 2.24) is 0 Å². The van der Waals surface area contributed by atoms with E-state index >= 15 is 0 Å². The maximum absolute atomic E-state index is 12.9. The van der Waals surface area contributed by atoms with Gasteiger partial charge in [0, 0.05) is 17.0 Å². The van der Waals surface area contributed by atoms with Crippen LogP contribution in [0.3, 0.4) is 0 Å². The second-order valence-corrected chi connectivity index (χ2v) is 7.66. The largest absolute Gasteiger partial charge is 0.326 e. The summed E-state index contributed by atoms with van der Waals surface area (Å²) in [5.41, 5.74) is 6.68. The Morgan fingerprint density at radius 3 is 2.14 bits per heavy atom. The molecule has 1 aliphatic rings. The van der Waals surface area contributed by atoms with E-state index in [1.165, 1.54) is 36.4 Å². The summed E-state index contributed by atoms with van der Waals surface area (Å²) in [6.45, 7) is 0. The highest BCUT2D eigenvalue weighted by Gasteiger charge is 2.57. The van der Waals surface area contributed by atoms with Gasteiger partial charge in [-0.05, 0) is 42.0 Å². The lowest BCUT2D eigenvalue weighted by molar-refractivity contribution is 0.593. The van der Waals surface area contributed by atoms with E-state index in [-0.39, 0.29) is 16.6 Å². The van der Waals surface area contributed by atoms with Crippen LogP contribution in [0.4, 0.5) is 4.39 Å². The van der Waals surface area contributed by atoms with E-state index in [2.05, 4.69) is 0 Å². The lowest BCUT2D eigenvalue weighted by Crippen LogP contribution is -2.15. The molecule has 2 N–H and O–H groups in total. The van der Waals surface area contributed by atoms with Gasteiger partial charge in [0.1, 0.15) is 5.82 Å². The van der Waals surface area contributed by atoms with E-state index in [4.69, 9.17) is 17.3 Å². The van der Waals surface area contributed by atoms with Crippen LogP contribution in [0, 0.1) is 5.82 Å². The van der Waals surface area contributed by atoms with E-state index in [1.54, 1.807) is 12.1 Å². The molecule has 1 fully saturated rings. The smallest absolute Gasteiger partial charge is 0.183 e. The van der Waals surface area contributed by atoms with Crippen molar-refractivity contribution < 1.29 is 12.8 Å². The van der Waals surface area contributed by atoms with E-state index in [9.17, 15) is 12.8 Å². The van der Waals surface area contributed by atoms with E-state index in [1.807, 2.05) is 0 Å². The predicted molar refractivity (Wildman–Crippen MR) is 79.5 cm³/mol. The number of hydrogen-bond acceptors (Lipinski definition) is 3. The van der Waals surface area contributed by atoms with Gasteiger partial charge in [-0.15, -0.1) is 0 Å². The number of hydrogen-bond donors (Lipinski definition) is 1. The fraction of sp³-hybridized carbons (Fsp3) is 0.200. The van der Waals surface area contributed by atoms with Crippen molar-refractivity contribution in [2.45, 2.75) is 22.1 Å². The number of sulfone groups is 1. The van der Waals surface area contributed by atoms with E-state index < -0.39 is 21.1 Å². The lowest BCUT2D eigenvalue weighted by atomic mass is 10.1. The third-order valence-electron chi connectivity index (χ3n) is 3.76. The zero-order chi connectivity index (χ0) is 15.2. The van der Waals surface area contributed by atoms with Gasteiger partial charge in [-0.1, -0.05) is 23.7 Å². The van der Waals surface area contributed by atoms with Gasteiger partial charge in [0.05, 0.1) is 10.1 Å². The van der Waals surface area contributed by atoms with Gasteiger partial charge in [-0.25, -0.2) is 12.8 Å². The van der Waals surface area contributed by atoms with Crippen molar-refractivity contribution in [2.24, 2.45) is 5.73 Å². The first-order chi connectivity index (χ1) is 9.91. The average molecular weight is 326 g/mol. The monoisotopic (exact) mass is 325 g/mol. The minimum absolute atomic E-state index is 0.206. The first kappa shape index (κ1) is 14.5. The minimum atomic E-state index is -3.52. The Morgan fingerprint density at radius 1 is 1.00 bits per heavy atom. The molecule has 21 heavy (non-hydrogen) atoms. The van der Waals surface area contributed by atoms with E-state index in [0.29, 0.717) is 5.02 Å². The second kappa shape index (κ2) is 5.09. The first-order valence-electron chi connectivity index (χ1n) is 6.42. The molecule has 3 unspecified atom stereocenters. The Kier molecular flexibility index (Phi) is 3.51. The van der Waals surface area contributed by atoms with Crippen molar-refractivity contribution in [2.75, 3.05) is 0 Å². The van der Waals surface area contributed by atoms with Crippen LogP contribution in [0.15, 0.2) is 53.4 Å². The standard InChI is InChI=1S/C15H13ClFNO2S/c16-10-3-7-12(8-4-10)21(19,20)15-13(14(15)18)9-1-5-11(17)6-2-9/h1-8,13-15H,18H2. The topological polar surface area (TPSA) is 60.2 Å². The van der Waals surface area contributed by atoms with Crippen LogP contribution >= 0.6 is 11.6 Å². The van der Waals surface area contributed by atoms with Gasteiger partial charge in [0.2, 0.25) is 0 Å². The van der Waals surface area contributed by atoms with Crippen LogP contribution in [0.25, 0.3) is 0 Å². The highest BCUT2D eigenvalue weighted by atomic mass is 35.5. The molecule has 0 radical (unpaired) electrons. The number of nitrogens with two attached hydrogens (primary N) is 1. The van der Waals surface area contributed by atoms with Crippen molar-refractivity contribution in [3.63, 3.8) is 0 Å². The Hall–Kier alpha value is -1.43. The van der Waals surface area contributed by atoms with Gasteiger partial charge in [-0.3, -0.25) is 0 Å². The average Bonchev–Trinajstić information content (AvgIpc) is 3.12. The second-order valence-electron chi connectivity index (χ2n) is 5.12. The molecule has 0 heterocycles. The van der Waals surface area contributed by atoms with Crippen LogP contribution in [-0.2, 0) is 9.84 Å². The lowest BCUT2D eigenvalue weighted by Gasteiger charge is -2.04. The van der Waals surface area contributed by atoms with E-state index in [0.717, 1.165) is 5.56 Å². The maximum Gasteiger partial charge on any atom is 0.183 e. The minimum Gasteiger partial charge on any atom is -0.326 e. The number of rotatable bonds is 3. The van der Waals surface area contributed by atoms with Crippen LogP contribution in [0.1, 0.15) is 11.5 Å². The summed E-state index contributed by atoms with van der Waals surface area (Å²) in [5, 5.41) is -0.201. The predicted octanol–water partition coefficient (Wildman–Crippen LogP) is 2.75. The zero-order valence-electron chi connectivity index (χ0n) is 10.9. The molecule has 2 aromatic rings. The molecular weight excluding hydrogens is 313 g/mol. The summed E-state index contributed by atoms with van der Waals surface area (Å²) in [6.07, 6.45) is 0. The third-order valence-corrected chi connectivity index (χ3v) is 6.27. The molecular formula is C15H13ClFNO2S. The van der Waals surface area contributed by atoms with Gasteiger partial charge < -0.3 is 5.73 Å². The molecule has 0 saturated heterocycles. The van der Waals surface area contributed by atoms with Crippen LogP contribution < -0.4 is 5.73 Å². The zero-order valence-corrected chi connectivity index (χ0v) is 12.5.